The Balaban J connectivity index is 1.87. The molecule has 2 heterocycles. The van der Waals surface area contributed by atoms with E-state index in [1.165, 1.54) is 0 Å². The summed E-state index contributed by atoms with van der Waals surface area (Å²) in [6, 6.07) is 2.48. The first-order valence-electron chi connectivity index (χ1n) is 9.12. The number of unbranched alkanes of at least 4 members (excludes halogenated alkanes) is 1. The summed E-state index contributed by atoms with van der Waals surface area (Å²) >= 11 is 0. The second kappa shape index (κ2) is 9.86. The van der Waals surface area contributed by atoms with E-state index < -0.39 is 0 Å². The van der Waals surface area contributed by atoms with Crippen LogP contribution in [0.1, 0.15) is 51.2 Å². The van der Waals surface area contributed by atoms with Gasteiger partial charge in [-0.25, -0.2) is 9.98 Å². The third-order valence-corrected chi connectivity index (χ3v) is 3.99. The van der Waals surface area contributed by atoms with E-state index in [4.69, 9.17) is 0 Å². The summed E-state index contributed by atoms with van der Waals surface area (Å²) < 4.78 is 3.98. The zero-order valence-corrected chi connectivity index (χ0v) is 15.9. The lowest BCUT2D eigenvalue weighted by molar-refractivity contribution is 0.526. The monoisotopic (exact) mass is 345 g/mol. The highest BCUT2D eigenvalue weighted by Gasteiger charge is 2.04. The van der Waals surface area contributed by atoms with Gasteiger partial charge in [0.1, 0.15) is 12.4 Å². The minimum Gasteiger partial charge on any atom is -0.356 e. The SMILES string of the molecule is CCCCNC(=NCc1nccn1C)NCCc1ccn(C(C)C)n1. The van der Waals surface area contributed by atoms with Gasteiger partial charge in [0.25, 0.3) is 0 Å². The molecule has 138 valence electrons. The van der Waals surface area contributed by atoms with Gasteiger partial charge in [0.2, 0.25) is 0 Å². The third-order valence-electron chi connectivity index (χ3n) is 3.99. The van der Waals surface area contributed by atoms with Crippen LogP contribution in [0.4, 0.5) is 0 Å². The number of hydrogen-bond acceptors (Lipinski definition) is 3. The lowest BCUT2D eigenvalue weighted by Crippen LogP contribution is -2.39. The molecule has 0 aliphatic rings. The molecule has 0 aliphatic heterocycles. The molecule has 0 bridgehead atoms. The number of imidazole rings is 1. The molecule has 7 nitrogen and oxygen atoms in total. The van der Waals surface area contributed by atoms with Crippen LogP contribution in [0.25, 0.3) is 0 Å². The first-order chi connectivity index (χ1) is 12.1. The van der Waals surface area contributed by atoms with E-state index in [1.807, 2.05) is 28.7 Å². The molecule has 0 fully saturated rings. The van der Waals surface area contributed by atoms with Gasteiger partial charge in [-0.1, -0.05) is 13.3 Å². The molecule has 25 heavy (non-hydrogen) atoms. The van der Waals surface area contributed by atoms with Crippen molar-refractivity contribution in [1.82, 2.24) is 30.0 Å². The lowest BCUT2D eigenvalue weighted by Gasteiger charge is -2.12. The molecule has 0 saturated carbocycles. The number of aliphatic imine (C=N–C) groups is 1. The molecular formula is C18H31N7. The fourth-order valence-electron chi connectivity index (χ4n) is 2.36. The predicted octanol–water partition coefficient (Wildman–Crippen LogP) is 2.28. The van der Waals surface area contributed by atoms with Gasteiger partial charge in [-0.15, -0.1) is 0 Å². The zero-order valence-electron chi connectivity index (χ0n) is 15.9. The summed E-state index contributed by atoms with van der Waals surface area (Å²) in [5.74, 6) is 1.78. The van der Waals surface area contributed by atoms with E-state index >= 15 is 0 Å². The molecule has 2 N–H and O–H groups in total. The number of nitrogens with zero attached hydrogens (tertiary/aromatic N) is 5. The molecule has 0 radical (unpaired) electrons. The minimum atomic E-state index is 0.396. The van der Waals surface area contributed by atoms with Gasteiger partial charge in [0.15, 0.2) is 5.96 Å². The second-order valence-corrected chi connectivity index (χ2v) is 6.46. The molecule has 0 unspecified atom stereocenters. The molecule has 2 rings (SSSR count). The average molecular weight is 345 g/mol. The smallest absolute Gasteiger partial charge is 0.191 e. The number of rotatable bonds is 9. The number of hydrogen-bond donors (Lipinski definition) is 2. The Hall–Kier alpha value is -2.31. The van der Waals surface area contributed by atoms with Crippen molar-refractivity contribution in [1.29, 1.82) is 0 Å². The normalized spacial score (nSPS) is 12.0. The number of aryl methyl sites for hydroxylation is 1. The van der Waals surface area contributed by atoms with Crippen molar-refractivity contribution < 1.29 is 0 Å². The standard InChI is InChI=1S/C18H31N7/c1-5-6-9-20-18(22-14-17-19-11-13-24(17)4)21-10-7-16-8-12-25(23-16)15(2)3/h8,11-13,15H,5-7,9-10,14H2,1-4H3,(H2,20,21,22). The van der Waals surface area contributed by atoms with E-state index in [9.17, 15) is 0 Å². The largest absolute Gasteiger partial charge is 0.356 e. The van der Waals surface area contributed by atoms with Crippen molar-refractivity contribution in [2.24, 2.45) is 12.0 Å². The third kappa shape index (κ3) is 6.25. The Morgan fingerprint density at radius 1 is 1.24 bits per heavy atom. The maximum absolute atomic E-state index is 4.65. The molecule has 7 heteroatoms. The summed E-state index contributed by atoms with van der Waals surface area (Å²) in [7, 11) is 1.99. The molecule has 0 saturated heterocycles. The lowest BCUT2D eigenvalue weighted by atomic mass is 10.3. The van der Waals surface area contributed by atoms with Crippen LogP contribution in [0.2, 0.25) is 0 Å². The van der Waals surface area contributed by atoms with Gasteiger partial charge in [-0.3, -0.25) is 4.68 Å². The Bertz CT molecular complexity index is 654. The van der Waals surface area contributed by atoms with Crippen molar-refractivity contribution in [3.63, 3.8) is 0 Å². The highest BCUT2D eigenvalue weighted by molar-refractivity contribution is 5.79. The van der Waals surface area contributed by atoms with E-state index in [0.29, 0.717) is 12.6 Å². The van der Waals surface area contributed by atoms with Crippen molar-refractivity contribution in [2.75, 3.05) is 13.1 Å². The van der Waals surface area contributed by atoms with Crippen LogP contribution in [-0.2, 0) is 20.0 Å². The van der Waals surface area contributed by atoms with Gasteiger partial charge >= 0.3 is 0 Å². The number of guanidine groups is 1. The Morgan fingerprint density at radius 2 is 2.04 bits per heavy atom. The molecular weight excluding hydrogens is 314 g/mol. The quantitative estimate of drug-likeness (QED) is 0.415. The van der Waals surface area contributed by atoms with Crippen LogP contribution in [0, 0.1) is 0 Å². The van der Waals surface area contributed by atoms with Gasteiger partial charge in [-0.2, -0.15) is 5.10 Å². The predicted molar refractivity (Wildman–Crippen MR) is 102 cm³/mol. The summed E-state index contributed by atoms with van der Waals surface area (Å²) in [5, 5.41) is 11.4. The van der Waals surface area contributed by atoms with E-state index in [2.05, 4.69) is 52.5 Å². The summed E-state index contributed by atoms with van der Waals surface area (Å²) in [6.07, 6.45) is 8.93. The van der Waals surface area contributed by atoms with Crippen molar-refractivity contribution in [3.05, 3.63) is 36.2 Å². The first kappa shape index (κ1) is 19.0. The average Bonchev–Trinajstić information content (AvgIpc) is 3.21. The van der Waals surface area contributed by atoms with E-state index in [-0.39, 0.29) is 0 Å². The fraction of sp³-hybridized carbons (Fsp3) is 0.611. The second-order valence-electron chi connectivity index (χ2n) is 6.46. The van der Waals surface area contributed by atoms with Gasteiger partial charge < -0.3 is 15.2 Å². The Kier molecular flexibility index (Phi) is 7.50. The molecule has 0 spiro atoms. The first-order valence-corrected chi connectivity index (χ1v) is 9.12. The summed E-state index contributed by atoms with van der Waals surface area (Å²) in [5.41, 5.74) is 1.10. The molecule has 0 amide bonds. The zero-order chi connectivity index (χ0) is 18.1. The van der Waals surface area contributed by atoms with Gasteiger partial charge in [0.05, 0.1) is 5.69 Å². The van der Waals surface area contributed by atoms with Crippen LogP contribution in [0.15, 0.2) is 29.6 Å². The Morgan fingerprint density at radius 3 is 2.68 bits per heavy atom. The van der Waals surface area contributed by atoms with Crippen LogP contribution >= 0.6 is 0 Å². The number of aromatic nitrogens is 4. The summed E-state index contributed by atoms with van der Waals surface area (Å²) in [4.78, 5) is 8.97. The van der Waals surface area contributed by atoms with Gasteiger partial charge in [-0.05, 0) is 26.3 Å². The van der Waals surface area contributed by atoms with Crippen LogP contribution < -0.4 is 10.6 Å². The fourth-order valence-corrected chi connectivity index (χ4v) is 2.36. The van der Waals surface area contributed by atoms with E-state index in [0.717, 1.165) is 49.8 Å². The number of nitrogens with one attached hydrogen (secondary N) is 2. The van der Waals surface area contributed by atoms with E-state index in [1.54, 1.807) is 6.20 Å². The molecule has 2 aromatic heterocycles. The highest BCUT2D eigenvalue weighted by Crippen LogP contribution is 2.04. The van der Waals surface area contributed by atoms with Crippen LogP contribution in [0.3, 0.4) is 0 Å². The highest BCUT2D eigenvalue weighted by atomic mass is 15.3. The van der Waals surface area contributed by atoms with Crippen LogP contribution in [-0.4, -0.2) is 38.4 Å². The topological polar surface area (TPSA) is 72.1 Å². The molecule has 0 aliphatic carbocycles. The molecule has 0 aromatic carbocycles. The van der Waals surface area contributed by atoms with Crippen LogP contribution in [0.5, 0.6) is 0 Å². The molecule has 2 aromatic rings. The van der Waals surface area contributed by atoms with Gasteiger partial charge in [0, 0.05) is 51.2 Å². The van der Waals surface area contributed by atoms with Crippen molar-refractivity contribution >= 4 is 5.96 Å². The maximum Gasteiger partial charge on any atom is 0.191 e. The maximum atomic E-state index is 4.65. The van der Waals surface area contributed by atoms with Crippen molar-refractivity contribution in [2.45, 2.75) is 52.6 Å². The van der Waals surface area contributed by atoms with Crippen molar-refractivity contribution in [3.8, 4) is 0 Å². The summed E-state index contributed by atoms with van der Waals surface area (Å²) in [6.45, 7) is 8.74. The molecule has 0 atom stereocenters. The minimum absolute atomic E-state index is 0.396. The Labute approximate surface area is 150 Å².